The van der Waals surface area contributed by atoms with E-state index in [4.69, 9.17) is 0 Å². The van der Waals surface area contributed by atoms with Crippen LogP contribution in [0.3, 0.4) is 0 Å². The average Bonchev–Trinajstić information content (AvgIpc) is 2.72. The monoisotopic (exact) mass is 250 g/mol. The number of nitrogens with zero attached hydrogens (tertiary/aromatic N) is 4. The van der Waals surface area contributed by atoms with Crippen LogP contribution in [-0.4, -0.2) is 43.5 Å². The molecular weight excluding hydrogens is 228 g/mol. The maximum Gasteiger partial charge on any atom is 0.147 e. The van der Waals surface area contributed by atoms with Crippen molar-refractivity contribution >= 4 is 0 Å². The largest absolute Gasteiger partial charge is 0.389 e. The van der Waals surface area contributed by atoms with Gasteiger partial charge in [-0.15, -0.1) is 10.2 Å². The Bertz CT molecular complexity index is 427. The molecule has 2 aliphatic rings. The smallest absolute Gasteiger partial charge is 0.147 e. The van der Waals surface area contributed by atoms with Crippen LogP contribution in [0.2, 0.25) is 0 Å². The highest BCUT2D eigenvalue weighted by Crippen LogP contribution is 2.22. The van der Waals surface area contributed by atoms with Crippen molar-refractivity contribution < 1.29 is 5.11 Å². The van der Waals surface area contributed by atoms with Crippen LogP contribution >= 0.6 is 0 Å². The van der Waals surface area contributed by atoms with Gasteiger partial charge in [0.25, 0.3) is 0 Å². The van der Waals surface area contributed by atoms with Gasteiger partial charge in [0.2, 0.25) is 0 Å². The molecule has 1 saturated heterocycles. The number of fused-ring (bicyclic) bond motifs is 1. The number of aryl methyl sites for hydroxylation is 1. The highest BCUT2D eigenvalue weighted by molar-refractivity contribution is 4.99. The van der Waals surface area contributed by atoms with E-state index in [1.54, 1.807) is 0 Å². The predicted molar refractivity (Wildman–Crippen MR) is 68.1 cm³/mol. The number of aromatic nitrogens is 3. The second kappa shape index (κ2) is 4.63. The van der Waals surface area contributed by atoms with Crippen molar-refractivity contribution in [3.05, 3.63) is 11.6 Å². The molecule has 5 heteroatoms. The molecule has 3 rings (SSSR count). The zero-order valence-corrected chi connectivity index (χ0v) is 11.1. The van der Waals surface area contributed by atoms with Crippen LogP contribution in [0.15, 0.2) is 0 Å². The van der Waals surface area contributed by atoms with Crippen LogP contribution < -0.4 is 0 Å². The lowest BCUT2D eigenvalue weighted by Gasteiger charge is -2.36. The molecule has 0 amide bonds. The third kappa shape index (κ3) is 2.42. The van der Waals surface area contributed by atoms with Gasteiger partial charge in [-0.25, -0.2) is 0 Å². The Morgan fingerprint density at radius 2 is 2.11 bits per heavy atom. The first-order valence-electron chi connectivity index (χ1n) is 7.00. The van der Waals surface area contributed by atoms with E-state index in [9.17, 15) is 5.11 Å². The maximum absolute atomic E-state index is 10.1. The molecular formula is C13H22N4O. The maximum atomic E-state index is 10.1. The van der Waals surface area contributed by atoms with Gasteiger partial charge in [-0.3, -0.25) is 4.90 Å². The molecule has 100 valence electrons. The molecule has 1 N–H and O–H groups in total. The molecule has 0 aliphatic carbocycles. The van der Waals surface area contributed by atoms with Gasteiger partial charge in [0.05, 0.1) is 12.1 Å². The minimum Gasteiger partial charge on any atom is -0.389 e. The first-order valence-corrected chi connectivity index (χ1v) is 7.00. The number of hydrogen-bond acceptors (Lipinski definition) is 4. The summed E-state index contributed by atoms with van der Waals surface area (Å²) in [4.78, 5) is 2.30. The van der Waals surface area contributed by atoms with Gasteiger partial charge in [0.15, 0.2) is 0 Å². The molecule has 1 aromatic heterocycles. The Morgan fingerprint density at radius 1 is 1.22 bits per heavy atom. The molecule has 18 heavy (non-hydrogen) atoms. The molecule has 0 aromatic carbocycles. The summed E-state index contributed by atoms with van der Waals surface area (Å²) in [7, 11) is 0. The van der Waals surface area contributed by atoms with E-state index >= 15 is 0 Å². The normalized spacial score (nSPS) is 29.2. The Hall–Kier alpha value is -0.940. The molecule has 0 bridgehead atoms. The minimum absolute atomic E-state index is 0.539. The van der Waals surface area contributed by atoms with E-state index in [0.29, 0.717) is 0 Å². The number of rotatable bonds is 2. The Balaban J connectivity index is 1.71. The molecule has 0 radical (unpaired) electrons. The second-order valence-electron chi connectivity index (χ2n) is 5.95. The van der Waals surface area contributed by atoms with Crippen molar-refractivity contribution in [3.63, 3.8) is 0 Å². The average molecular weight is 250 g/mol. The lowest BCUT2D eigenvalue weighted by molar-refractivity contribution is -0.0192. The Labute approximate surface area is 108 Å². The van der Waals surface area contributed by atoms with Crippen molar-refractivity contribution in [1.82, 2.24) is 19.7 Å². The van der Waals surface area contributed by atoms with Crippen molar-refractivity contribution in [1.29, 1.82) is 0 Å². The van der Waals surface area contributed by atoms with Crippen molar-refractivity contribution in [2.24, 2.45) is 0 Å². The van der Waals surface area contributed by atoms with Gasteiger partial charge in [-0.2, -0.15) is 0 Å². The molecule has 1 unspecified atom stereocenters. The van der Waals surface area contributed by atoms with Gasteiger partial charge >= 0.3 is 0 Å². The highest BCUT2D eigenvalue weighted by atomic mass is 16.3. The second-order valence-corrected chi connectivity index (χ2v) is 5.95. The highest BCUT2D eigenvalue weighted by Gasteiger charge is 2.29. The summed E-state index contributed by atoms with van der Waals surface area (Å²) >= 11 is 0. The summed E-state index contributed by atoms with van der Waals surface area (Å²) < 4.78 is 2.27. The zero-order valence-electron chi connectivity index (χ0n) is 11.1. The lowest BCUT2D eigenvalue weighted by atomic mass is 9.95. The van der Waals surface area contributed by atoms with E-state index in [-0.39, 0.29) is 0 Å². The van der Waals surface area contributed by atoms with Gasteiger partial charge < -0.3 is 9.67 Å². The van der Waals surface area contributed by atoms with E-state index in [0.717, 1.165) is 57.1 Å². The van der Waals surface area contributed by atoms with Crippen LogP contribution in [0.1, 0.15) is 44.3 Å². The third-order valence-electron chi connectivity index (χ3n) is 4.06. The van der Waals surface area contributed by atoms with Gasteiger partial charge in [0.1, 0.15) is 11.6 Å². The summed E-state index contributed by atoms with van der Waals surface area (Å²) in [6.45, 7) is 5.61. The standard InChI is InChI=1S/C13H22N4O/c1-13(18)6-4-7-16(10-13)9-12-15-14-11-5-2-3-8-17(11)12/h18H,2-10H2,1H3. The summed E-state index contributed by atoms with van der Waals surface area (Å²) in [6.07, 6.45) is 5.49. The van der Waals surface area contributed by atoms with Crippen molar-refractivity contribution in [2.45, 2.75) is 57.7 Å². The van der Waals surface area contributed by atoms with Crippen LogP contribution in [-0.2, 0) is 19.5 Å². The van der Waals surface area contributed by atoms with Crippen LogP contribution in [0.25, 0.3) is 0 Å². The zero-order chi connectivity index (χ0) is 12.6. The Kier molecular flexibility index (Phi) is 3.11. The first kappa shape index (κ1) is 12.1. The molecule has 0 spiro atoms. The number of hydrogen-bond donors (Lipinski definition) is 1. The molecule has 0 saturated carbocycles. The molecule has 3 heterocycles. The summed E-state index contributed by atoms with van der Waals surface area (Å²) in [5, 5.41) is 18.7. The fourth-order valence-corrected chi connectivity index (χ4v) is 3.14. The summed E-state index contributed by atoms with van der Waals surface area (Å²) in [6, 6.07) is 0. The SMILES string of the molecule is CC1(O)CCCN(Cc2nnc3n2CCCC3)C1. The van der Waals surface area contributed by atoms with E-state index in [1.165, 1.54) is 12.8 Å². The predicted octanol–water partition coefficient (Wildman–Crippen LogP) is 0.961. The summed E-state index contributed by atoms with van der Waals surface area (Å²) in [5.41, 5.74) is -0.539. The topological polar surface area (TPSA) is 54.2 Å². The fraction of sp³-hybridized carbons (Fsp3) is 0.846. The summed E-state index contributed by atoms with van der Waals surface area (Å²) in [5.74, 6) is 2.21. The Morgan fingerprint density at radius 3 is 2.94 bits per heavy atom. The molecule has 1 atom stereocenters. The first-order chi connectivity index (χ1) is 8.64. The van der Waals surface area contributed by atoms with E-state index < -0.39 is 5.60 Å². The number of likely N-dealkylation sites (tertiary alicyclic amines) is 1. The molecule has 1 aromatic rings. The van der Waals surface area contributed by atoms with E-state index in [2.05, 4.69) is 19.7 Å². The molecule has 5 nitrogen and oxygen atoms in total. The number of piperidine rings is 1. The quantitative estimate of drug-likeness (QED) is 0.849. The number of β-amino-alcohol motifs (C(OH)–C–C–N with tert-alkyl or cyclic N) is 1. The number of aliphatic hydroxyl groups is 1. The van der Waals surface area contributed by atoms with Crippen LogP contribution in [0.4, 0.5) is 0 Å². The van der Waals surface area contributed by atoms with E-state index in [1.807, 2.05) is 6.92 Å². The minimum atomic E-state index is -0.539. The molecule has 1 fully saturated rings. The van der Waals surface area contributed by atoms with Crippen molar-refractivity contribution in [3.8, 4) is 0 Å². The van der Waals surface area contributed by atoms with Crippen LogP contribution in [0.5, 0.6) is 0 Å². The van der Waals surface area contributed by atoms with Gasteiger partial charge in [-0.05, 0) is 39.2 Å². The van der Waals surface area contributed by atoms with Gasteiger partial charge in [0, 0.05) is 19.5 Å². The fourth-order valence-electron chi connectivity index (χ4n) is 3.14. The molecule has 2 aliphatic heterocycles. The lowest BCUT2D eigenvalue weighted by Crippen LogP contribution is -2.45. The van der Waals surface area contributed by atoms with Gasteiger partial charge in [-0.1, -0.05) is 0 Å². The third-order valence-corrected chi connectivity index (χ3v) is 4.06. The van der Waals surface area contributed by atoms with Crippen molar-refractivity contribution in [2.75, 3.05) is 13.1 Å². The van der Waals surface area contributed by atoms with Crippen LogP contribution in [0, 0.1) is 0 Å².